The van der Waals surface area contributed by atoms with Crippen LogP contribution in [0.2, 0.25) is 0 Å². The minimum atomic E-state index is -0.843. The highest BCUT2D eigenvalue weighted by Gasteiger charge is 2.28. The molecule has 1 fully saturated rings. The minimum absolute atomic E-state index is 0.0472. The van der Waals surface area contributed by atoms with E-state index in [1.54, 1.807) is 0 Å². The fourth-order valence-electron chi connectivity index (χ4n) is 1.71. The Balaban J connectivity index is 1.81. The molecule has 0 saturated carbocycles. The maximum atomic E-state index is 11.6. The molecule has 100 valence electrons. The Morgan fingerprint density at radius 2 is 2.00 bits per heavy atom. The third kappa shape index (κ3) is 3.80. The molecule has 6 nitrogen and oxygen atoms in total. The lowest BCUT2D eigenvalue weighted by Gasteiger charge is -2.22. The van der Waals surface area contributed by atoms with Crippen LogP contribution in [0.15, 0.2) is 30.3 Å². The Labute approximate surface area is 110 Å². The summed E-state index contributed by atoms with van der Waals surface area (Å²) < 4.78 is 5.04. The van der Waals surface area contributed by atoms with Crippen LogP contribution >= 0.6 is 0 Å². The van der Waals surface area contributed by atoms with Crippen molar-refractivity contribution in [3.63, 3.8) is 0 Å². The van der Waals surface area contributed by atoms with Crippen molar-refractivity contribution in [2.24, 2.45) is 0 Å². The van der Waals surface area contributed by atoms with Crippen LogP contribution < -0.4 is 10.6 Å². The molecule has 1 unspecified atom stereocenters. The lowest BCUT2D eigenvalue weighted by Crippen LogP contribution is -2.56. The summed E-state index contributed by atoms with van der Waals surface area (Å²) in [5, 5.41) is 4.85. The summed E-state index contributed by atoms with van der Waals surface area (Å²) in [5.41, 5.74) is 0.869. The van der Waals surface area contributed by atoms with E-state index in [-0.39, 0.29) is 31.4 Å². The highest BCUT2D eigenvalue weighted by molar-refractivity contribution is 5.96. The Morgan fingerprint density at radius 1 is 1.26 bits per heavy atom. The number of esters is 1. The van der Waals surface area contributed by atoms with Gasteiger partial charge in [0.05, 0.1) is 13.0 Å². The van der Waals surface area contributed by atoms with Gasteiger partial charge in [-0.3, -0.25) is 14.4 Å². The molecule has 1 heterocycles. The average Bonchev–Trinajstić information content (AvgIpc) is 2.42. The summed E-state index contributed by atoms with van der Waals surface area (Å²) in [7, 11) is 0. The maximum absolute atomic E-state index is 11.6. The van der Waals surface area contributed by atoms with Gasteiger partial charge in [0.15, 0.2) is 0 Å². The smallest absolute Gasteiger partial charge is 0.308 e. The topological polar surface area (TPSA) is 84.5 Å². The van der Waals surface area contributed by atoms with Gasteiger partial charge in [0.1, 0.15) is 12.6 Å². The number of ether oxygens (including phenoxy) is 1. The van der Waals surface area contributed by atoms with Gasteiger partial charge in [-0.25, -0.2) is 0 Å². The van der Waals surface area contributed by atoms with Crippen LogP contribution in [-0.2, 0) is 25.7 Å². The fourth-order valence-corrected chi connectivity index (χ4v) is 1.71. The van der Waals surface area contributed by atoms with Gasteiger partial charge in [0, 0.05) is 0 Å². The first-order valence-corrected chi connectivity index (χ1v) is 5.92. The van der Waals surface area contributed by atoms with Gasteiger partial charge in [-0.05, 0) is 5.56 Å². The largest absolute Gasteiger partial charge is 0.461 e. The van der Waals surface area contributed by atoms with E-state index in [9.17, 15) is 14.4 Å². The second-order valence-corrected chi connectivity index (χ2v) is 4.19. The summed E-state index contributed by atoms with van der Waals surface area (Å²) >= 11 is 0. The van der Waals surface area contributed by atoms with Crippen LogP contribution in [0.25, 0.3) is 0 Å². The van der Waals surface area contributed by atoms with Crippen molar-refractivity contribution in [2.45, 2.75) is 19.1 Å². The average molecular weight is 262 g/mol. The molecule has 0 aliphatic carbocycles. The zero-order valence-corrected chi connectivity index (χ0v) is 10.2. The van der Waals surface area contributed by atoms with Crippen molar-refractivity contribution in [3.05, 3.63) is 35.9 Å². The van der Waals surface area contributed by atoms with Crippen LogP contribution in [0, 0.1) is 0 Å². The van der Waals surface area contributed by atoms with Gasteiger partial charge < -0.3 is 15.4 Å². The van der Waals surface area contributed by atoms with Crippen molar-refractivity contribution in [2.75, 3.05) is 6.54 Å². The molecular formula is C13H14N2O4. The highest BCUT2D eigenvalue weighted by Crippen LogP contribution is 2.04. The van der Waals surface area contributed by atoms with E-state index >= 15 is 0 Å². The molecule has 1 atom stereocenters. The molecule has 1 saturated heterocycles. The quantitative estimate of drug-likeness (QED) is 0.732. The molecule has 0 bridgehead atoms. The van der Waals surface area contributed by atoms with Gasteiger partial charge in [-0.2, -0.15) is 0 Å². The third-order valence-corrected chi connectivity index (χ3v) is 2.69. The standard InChI is InChI=1S/C13H14N2O4/c16-11-7-14-13(18)10(15-11)6-12(17)19-8-9-4-2-1-3-5-9/h1-5,10H,6-8H2,(H,14,18)(H,15,16). The first kappa shape index (κ1) is 13.1. The Kier molecular flexibility index (Phi) is 4.12. The zero-order valence-electron chi connectivity index (χ0n) is 10.2. The lowest BCUT2D eigenvalue weighted by atomic mass is 10.1. The van der Waals surface area contributed by atoms with Crippen molar-refractivity contribution in [3.8, 4) is 0 Å². The first-order chi connectivity index (χ1) is 9.15. The van der Waals surface area contributed by atoms with Gasteiger partial charge in [-0.15, -0.1) is 0 Å². The van der Waals surface area contributed by atoms with Crippen LogP contribution in [-0.4, -0.2) is 30.4 Å². The summed E-state index contributed by atoms with van der Waals surface area (Å²) in [5.74, 6) is -1.19. The fraction of sp³-hybridized carbons (Fsp3) is 0.308. The molecule has 1 aliphatic rings. The molecule has 0 radical (unpaired) electrons. The normalized spacial score (nSPS) is 18.4. The Bertz CT molecular complexity index is 487. The number of carbonyl (C=O) groups excluding carboxylic acids is 3. The molecule has 2 rings (SSSR count). The van der Waals surface area contributed by atoms with Crippen molar-refractivity contribution in [1.82, 2.24) is 10.6 Å². The molecule has 2 N–H and O–H groups in total. The van der Waals surface area contributed by atoms with Gasteiger partial charge in [-0.1, -0.05) is 30.3 Å². The zero-order chi connectivity index (χ0) is 13.7. The van der Waals surface area contributed by atoms with Crippen molar-refractivity contribution < 1.29 is 19.1 Å². The van der Waals surface area contributed by atoms with E-state index in [1.807, 2.05) is 30.3 Å². The van der Waals surface area contributed by atoms with Crippen LogP contribution in [0.4, 0.5) is 0 Å². The number of benzene rings is 1. The summed E-state index contributed by atoms with van der Waals surface area (Å²) in [6.07, 6.45) is -0.162. The number of piperazine rings is 1. The number of rotatable bonds is 4. The summed E-state index contributed by atoms with van der Waals surface area (Å²) in [6, 6.07) is 8.39. The summed E-state index contributed by atoms with van der Waals surface area (Å²) in [4.78, 5) is 34.1. The number of hydrogen-bond donors (Lipinski definition) is 2. The molecule has 1 aliphatic heterocycles. The predicted octanol–water partition coefficient (Wildman–Crippen LogP) is -0.266. The second kappa shape index (κ2) is 5.99. The number of carbonyl (C=O) groups is 3. The Hall–Kier alpha value is -2.37. The molecule has 19 heavy (non-hydrogen) atoms. The van der Waals surface area contributed by atoms with E-state index in [1.165, 1.54) is 0 Å². The van der Waals surface area contributed by atoms with Crippen molar-refractivity contribution in [1.29, 1.82) is 0 Å². The van der Waals surface area contributed by atoms with Crippen LogP contribution in [0.5, 0.6) is 0 Å². The molecule has 0 spiro atoms. The first-order valence-electron chi connectivity index (χ1n) is 5.92. The number of amides is 2. The second-order valence-electron chi connectivity index (χ2n) is 4.19. The van der Waals surface area contributed by atoms with E-state index < -0.39 is 12.0 Å². The van der Waals surface area contributed by atoms with E-state index in [0.717, 1.165) is 5.56 Å². The molecular weight excluding hydrogens is 248 g/mol. The molecule has 2 amide bonds. The van der Waals surface area contributed by atoms with Crippen LogP contribution in [0.1, 0.15) is 12.0 Å². The van der Waals surface area contributed by atoms with E-state index in [4.69, 9.17) is 4.74 Å². The third-order valence-electron chi connectivity index (χ3n) is 2.69. The molecule has 1 aromatic rings. The SMILES string of the molecule is O=C1CNC(=O)C(CC(=O)OCc2ccccc2)N1. The maximum Gasteiger partial charge on any atom is 0.308 e. The molecule has 1 aromatic carbocycles. The monoisotopic (exact) mass is 262 g/mol. The van der Waals surface area contributed by atoms with Gasteiger partial charge in [0.2, 0.25) is 11.8 Å². The van der Waals surface area contributed by atoms with Crippen LogP contribution in [0.3, 0.4) is 0 Å². The number of nitrogens with one attached hydrogen (secondary N) is 2. The van der Waals surface area contributed by atoms with Crippen molar-refractivity contribution >= 4 is 17.8 Å². The molecule has 6 heteroatoms. The predicted molar refractivity (Wildman–Crippen MR) is 65.8 cm³/mol. The Morgan fingerprint density at radius 3 is 2.74 bits per heavy atom. The number of hydrogen-bond acceptors (Lipinski definition) is 4. The summed E-state index contributed by atoms with van der Waals surface area (Å²) in [6.45, 7) is 0.107. The lowest BCUT2D eigenvalue weighted by molar-refractivity contribution is -0.148. The van der Waals surface area contributed by atoms with Gasteiger partial charge >= 0.3 is 5.97 Å². The molecule has 0 aromatic heterocycles. The van der Waals surface area contributed by atoms with E-state index in [0.29, 0.717) is 0 Å². The van der Waals surface area contributed by atoms with E-state index in [2.05, 4.69) is 10.6 Å². The van der Waals surface area contributed by atoms with Gasteiger partial charge in [0.25, 0.3) is 0 Å². The highest BCUT2D eigenvalue weighted by atomic mass is 16.5. The minimum Gasteiger partial charge on any atom is -0.461 e.